The van der Waals surface area contributed by atoms with Crippen molar-refractivity contribution >= 4 is 29.3 Å². The second-order valence-electron chi connectivity index (χ2n) is 5.89. The van der Waals surface area contributed by atoms with Crippen LogP contribution in [0.2, 0.25) is 5.02 Å². The standard InChI is InChI=1S/C19H18ClN3O5/c20-13-6-2-1-5-12(13)18(25)21-10-9-17(24)22-23-19(26)16-11-27-14-7-3-4-8-15(14)28-16/h1-8,16H,9-11H2,(H,21,25)(H,22,24)(H,23,26)/t16-/m1/s1. The van der Waals surface area contributed by atoms with Crippen LogP contribution in [0.1, 0.15) is 16.8 Å². The molecular formula is C19H18ClN3O5. The monoisotopic (exact) mass is 403 g/mol. The molecule has 1 heterocycles. The van der Waals surface area contributed by atoms with Gasteiger partial charge < -0.3 is 14.8 Å². The minimum atomic E-state index is -0.880. The van der Waals surface area contributed by atoms with Gasteiger partial charge in [-0.25, -0.2) is 0 Å². The first-order chi connectivity index (χ1) is 13.5. The molecule has 1 aliphatic rings. The molecule has 0 unspecified atom stereocenters. The highest BCUT2D eigenvalue weighted by Crippen LogP contribution is 2.30. The van der Waals surface area contributed by atoms with Crippen molar-refractivity contribution in [3.8, 4) is 11.5 Å². The zero-order valence-electron chi connectivity index (χ0n) is 14.7. The topological polar surface area (TPSA) is 106 Å². The smallest absolute Gasteiger partial charge is 0.283 e. The largest absolute Gasteiger partial charge is 0.485 e. The molecule has 3 rings (SSSR count). The van der Waals surface area contributed by atoms with Crippen molar-refractivity contribution in [2.45, 2.75) is 12.5 Å². The Morgan fingerprint density at radius 3 is 2.50 bits per heavy atom. The van der Waals surface area contributed by atoms with Crippen LogP contribution in [0.25, 0.3) is 0 Å². The SMILES string of the molecule is O=C(CCNC(=O)c1ccccc1Cl)NNC(=O)[C@H]1COc2ccccc2O1. The number of benzene rings is 2. The molecule has 8 nitrogen and oxygen atoms in total. The van der Waals surface area contributed by atoms with Crippen LogP contribution in [0.3, 0.4) is 0 Å². The molecule has 0 radical (unpaired) electrons. The fourth-order valence-electron chi connectivity index (χ4n) is 2.45. The zero-order chi connectivity index (χ0) is 19.9. The first-order valence-corrected chi connectivity index (χ1v) is 8.92. The molecule has 2 aromatic rings. The molecule has 0 aliphatic carbocycles. The highest BCUT2D eigenvalue weighted by Gasteiger charge is 2.27. The van der Waals surface area contributed by atoms with Crippen molar-refractivity contribution in [1.82, 2.24) is 16.2 Å². The summed E-state index contributed by atoms with van der Waals surface area (Å²) >= 11 is 5.94. The van der Waals surface area contributed by atoms with Gasteiger partial charge in [-0.05, 0) is 24.3 Å². The molecule has 0 spiro atoms. The van der Waals surface area contributed by atoms with Crippen molar-refractivity contribution in [2.24, 2.45) is 0 Å². The fraction of sp³-hybridized carbons (Fsp3) is 0.211. The number of amides is 3. The lowest BCUT2D eigenvalue weighted by molar-refractivity contribution is -0.135. The lowest BCUT2D eigenvalue weighted by Crippen LogP contribution is -2.51. The van der Waals surface area contributed by atoms with Crippen molar-refractivity contribution in [3.63, 3.8) is 0 Å². The Morgan fingerprint density at radius 2 is 1.71 bits per heavy atom. The van der Waals surface area contributed by atoms with E-state index in [0.29, 0.717) is 22.1 Å². The van der Waals surface area contributed by atoms with E-state index in [1.165, 1.54) is 0 Å². The Kier molecular flexibility index (Phi) is 6.33. The average molecular weight is 404 g/mol. The minimum Gasteiger partial charge on any atom is -0.485 e. The van der Waals surface area contributed by atoms with E-state index in [0.717, 1.165) is 0 Å². The number of hydrogen-bond acceptors (Lipinski definition) is 5. The zero-order valence-corrected chi connectivity index (χ0v) is 15.5. The van der Waals surface area contributed by atoms with E-state index >= 15 is 0 Å². The summed E-state index contributed by atoms with van der Waals surface area (Å²) in [6.45, 7) is 0.120. The van der Waals surface area contributed by atoms with E-state index in [9.17, 15) is 14.4 Å². The van der Waals surface area contributed by atoms with E-state index < -0.39 is 17.9 Å². The number of carbonyl (C=O) groups excluding carboxylic acids is 3. The Labute approximate surface area is 166 Å². The van der Waals surface area contributed by atoms with Crippen LogP contribution in [-0.4, -0.2) is 37.0 Å². The Bertz CT molecular complexity index is 889. The predicted molar refractivity (Wildman–Crippen MR) is 101 cm³/mol. The van der Waals surface area contributed by atoms with E-state index in [4.69, 9.17) is 21.1 Å². The Hall–Kier alpha value is -3.26. The van der Waals surface area contributed by atoms with Gasteiger partial charge in [0.15, 0.2) is 11.5 Å². The van der Waals surface area contributed by atoms with Crippen LogP contribution in [-0.2, 0) is 9.59 Å². The summed E-state index contributed by atoms with van der Waals surface area (Å²) in [6, 6.07) is 13.6. The number of halogens is 1. The van der Waals surface area contributed by atoms with Crippen LogP contribution >= 0.6 is 11.6 Å². The van der Waals surface area contributed by atoms with Crippen molar-refractivity contribution in [2.75, 3.05) is 13.2 Å². The molecule has 0 saturated heterocycles. The quantitative estimate of drug-likeness (QED) is 0.655. The van der Waals surface area contributed by atoms with Gasteiger partial charge in [0.2, 0.25) is 12.0 Å². The number of nitrogens with one attached hydrogen (secondary N) is 3. The molecule has 1 atom stereocenters. The van der Waals surface area contributed by atoms with Gasteiger partial charge in [-0.15, -0.1) is 0 Å². The molecule has 3 amide bonds. The molecule has 3 N–H and O–H groups in total. The molecule has 0 bridgehead atoms. The molecule has 2 aromatic carbocycles. The van der Waals surface area contributed by atoms with Gasteiger partial charge in [-0.1, -0.05) is 35.9 Å². The molecule has 1 aliphatic heterocycles. The van der Waals surface area contributed by atoms with Crippen molar-refractivity contribution in [3.05, 3.63) is 59.1 Å². The first kappa shape index (κ1) is 19.5. The van der Waals surface area contributed by atoms with Gasteiger partial charge in [0.05, 0.1) is 10.6 Å². The van der Waals surface area contributed by atoms with Crippen LogP contribution in [0.15, 0.2) is 48.5 Å². The molecule has 0 fully saturated rings. The summed E-state index contributed by atoms with van der Waals surface area (Å²) in [4.78, 5) is 35.9. The lowest BCUT2D eigenvalue weighted by atomic mass is 10.2. The van der Waals surface area contributed by atoms with Gasteiger partial charge in [0, 0.05) is 13.0 Å². The summed E-state index contributed by atoms with van der Waals surface area (Å²) in [6.07, 6.45) is -0.906. The number of carbonyl (C=O) groups is 3. The summed E-state index contributed by atoms with van der Waals surface area (Å²) in [5.74, 6) is -0.367. The molecule has 28 heavy (non-hydrogen) atoms. The van der Waals surface area contributed by atoms with Crippen LogP contribution in [0.5, 0.6) is 11.5 Å². The van der Waals surface area contributed by atoms with Gasteiger partial charge in [0.1, 0.15) is 6.61 Å². The average Bonchev–Trinajstić information content (AvgIpc) is 2.71. The fourth-order valence-corrected chi connectivity index (χ4v) is 2.67. The second kappa shape index (κ2) is 9.09. The molecule has 146 valence electrons. The molecule has 9 heteroatoms. The van der Waals surface area contributed by atoms with E-state index in [-0.39, 0.29) is 25.5 Å². The Morgan fingerprint density at radius 1 is 1.00 bits per heavy atom. The molecule has 0 saturated carbocycles. The maximum Gasteiger partial charge on any atom is 0.283 e. The van der Waals surface area contributed by atoms with E-state index in [1.54, 1.807) is 48.5 Å². The summed E-state index contributed by atoms with van der Waals surface area (Å²) in [5.41, 5.74) is 4.89. The summed E-state index contributed by atoms with van der Waals surface area (Å²) in [5, 5.41) is 2.92. The third-order valence-corrected chi connectivity index (χ3v) is 4.21. The maximum atomic E-state index is 12.1. The minimum absolute atomic E-state index is 0.0265. The highest BCUT2D eigenvalue weighted by atomic mass is 35.5. The van der Waals surface area contributed by atoms with Gasteiger partial charge in [-0.2, -0.15) is 0 Å². The van der Waals surface area contributed by atoms with E-state index in [2.05, 4.69) is 16.2 Å². The summed E-state index contributed by atoms with van der Waals surface area (Å²) < 4.78 is 11.0. The molecule has 0 aromatic heterocycles. The van der Waals surface area contributed by atoms with Crippen molar-refractivity contribution in [1.29, 1.82) is 0 Å². The van der Waals surface area contributed by atoms with E-state index in [1.807, 2.05) is 0 Å². The number of hydrazine groups is 1. The van der Waals surface area contributed by atoms with Gasteiger partial charge in [-0.3, -0.25) is 25.2 Å². The number of fused-ring (bicyclic) bond motifs is 1. The number of para-hydroxylation sites is 2. The molecular weight excluding hydrogens is 386 g/mol. The summed E-state index contributed by atoms with van der Waals surface area (Å²) in [7, 11) is 0. The lowest BCUT2D eigenvalue weighted by Gasteiger charge is -2.25. The normalized spacial score (nSPS) is 14.7. The number of ether oxygens (including phenoxy) is 2. The van der Waals surface area contributed by atoms with Gasteiger partial charge >= 0.3 is 0 Å². The number of rotatable bonds is 5. The predicted octanol–water partition coefficient (Wildman–Crippen LogP) is 1.45. The maximum absolute atomic E-state index is 12.1. The van der Waals surface area contributed by atoms with Crippen LogP contribution in [0, 0.1) is 0 Å². The van der Waals surface area contributed by atoms with Crippen LogP contribution < -0.4 is 25.6 Å². The first-order valence-electron chi connectivity index (χ1n) is 8.54. The highest BCUT2D eigenvalue weighted by molar-refractivity contribution is 6.33. The third-order valence-electron chi connectivity index (χ3n) is 3.88. The van der Waals surface area contributed by atoms with Gasteiger partial charge in [0.25, 0.3) is 11.8 Å². The Balaban J connectivity index is 1.38. The van der Waals surface area contributed by atoms with Crippen molar-refractivity contribution < 1.29 is 23.9 Å². The number of hydrogen-bond donors (Lipinski definition) is 3. The van der Waals surface area contributed by atoms with Crippen LogP contribution in [0.4, 0.5) is 0 Å². The second-order valence-corrected chi connectivity index (χ2v) is 6.29. The third kappa shape index (κ3) is 4.92.